The molecule has 2 rings (SSSR count). The minimum absolute atomic E-state index is 0.266. The van der Waals surface area contributed by atoms with Crippen LogP contribution in [0.5, 0.6) is 11.5 Å². The van der Waals surface area contributed by atoms with E-state index in [0.717, 1.165) is 11.1 Å². The van der Waals surface area contributed by atoms with Gasteiger partial charge in [-0.3, -0.25) is 0 Å². The lowest BCUT2D eigenvalue weighted by molar-refractivity contribution is 0.266. The summed E-state index contributed by atoms with van der Waals surface area (Å²) in [5, 5.41) is 0.660. The maximum Gasteiger partial charge on any atom is 0.165 e. The summed E-state index contributed by atoms with van der Waals surface area (Å²) in [6.45, 7) is 2.75. The molecular formula is C16H15Br2FO2. The van der Waals surface area contributed by atoms with Crippen LogP contribution in [0, 0.1) is 5.82 Å². The van der Waals surface area contributed by atoms with Gasteiger partial charge in [0.1, 0.15) is 12.4 Å². The van der Waals surface area contributed by atoms with Gasteiger partial charge in [-0.15, -0.1) is 0 Å². The number of benzene rings is 2. The molecule has 0 heterocycles. The Bertz CT molecular complexity index is 617. The van der Waals surface area contributed by atoms with Gasteiger partial charge in [-0.2, -0.15) is 0 Å². The number of rotatable bonds is 6. The first-order valence-electron chi connectivity index (χ1n) is 6.53. The summed E-state index contributed by atoms with van der Waals surface area (Å²) < 4.78 is 25.4. The molecule has 0 spiro atoms. The number of ether oxygens (including phenoxy) is 2. The van der Waals surface area contributed by atoms with E-state index in [9.17, 15) is 4.39 Å². The summed E-state index contributed by atoms with van der Waals surface area (Å²) in [4.78, 5) is 0. The van der Waals surface area contributed by atoms with Crippen LogP contribution < -0.4 is 9.47 Å². The highest BCUT2D eigenvalue weighted by Crippen LogP contribution is 2.34. The molecule has 2 aromatic rings. The summed E-state index contributed by atoms with van der Waals surface area (Å²) >= 11 is 6.68. The van der Waals surface area contributed by atoms with Gasteiger partial charge in [0.25, 0.3) is 0 Å². The summed E-state index contributed by atoms with van der Waals surface area (Å²) in [6, 6.07) is 10.7. The van der Waals surface area contributed by atoms with Crippen LogP contribution in [0.1, 0.15) is 18.1 Å². The highest BCUT2D eigenvalue weighted by molar-refractivity contribution is 9.10. The first kappa shape index (κ1) is 16.3. The summed E-state index contributed by atoms with van der Waals surface area (Å²) in [5.41, 5.74) is 1.75. The van der Waals surface area contributed by atoms with Gasteiger partial charge in [0, 0.05) is 16.5 Å². The second-order valence-corrected chi connectivity index (χ2v) is 5.67. The van der Waals surface area contributed by atoms with Gasteiger partial charge in [-0.05, 0) is 35.0 Å². The van der Waals surface area contributed by atoms with Crippen molar-refractivity contribution in [1.29, 1.82) is 0 Å². The Labute approximate surface area is 140 Å². The van der Waals surface area contributed by atoms with Crippen molar-refractivity contribution >= 4 is 31.9 Å². The lowest BCUT2D eigenvalue weighted by Crippen LogP contribution is -2.03. The molecule has 0 aliphatic carbocycles. The third kappa shape index (κ3) is 3.98. The van der Waals surface area contributed by atoms with E-state index < -0.39 is 0 Å². The van der Waals surface area contributed by atoms with E-state index in [1.54, 1.807) is 6.07 Å². The molecule has 0 atom stereocenters. The number of para-hydroxylation sites is 1. The fourth-order valence-electron chi connectivity index (χ4n) is 1.91. The summed E-state index contributed by atoms with van der Waals surface area (Å²) in [6.07, 6.45) is 0. The van der Waals surface area contributed by atoms with Gasteiger partial charge in [0.05, 0.1) is 11.1 Å². The van der Waals surface area contributed by atoms with Crippen LogP contribution in [0.2, 0.25) is 0 Å². The molecule has 0 bridgehead atoms. The van der Waals surface area contributed by atoms with Crippen molar-refractivity contribution in [1.82, 2.24) is 0 Å². The highest BCUT2D eigenvalue weighted by atomic mass is 79.9. The maximum absolute atomic E-state index is 13.5. The minimum Gasteiger partial charge on any atom is -0.490 e. The Hall–Kier alpha value is -1.07. The Morgan fingerprint density at radius 2 is 1.76 bits per heavy atom. The van der Waals surface area contributed by atoms with E-state index >= 15 is 0 Å². The van der Waals surface area contributed by atoms with Crippen molar-refractivity contribution < 1.29 is 13.9 Å². The van der Waals surface area contributed by atoms with Crippen LogP contribution >= 0.6 is 31.9 Å². The van der Waals surface area contributed by atoms with Crippen LogP contribution in [-0.4, -0.2) is 6.61 Å². The van der Waals surface area contributed by atoms with Crippen molar-refractivity contribution in [2.75, 3.05) is 6.61 Å². The number of halogens is 3. The SMILES string of the molecule is CCOc1cccc(CBr)c1OCc1cccc(F)c1Br. The Morgan fingerprint density at radius 1 is 1.05 bits per heavy atom. The average molecular weight is 418 g/mol. The fraction of sp³-hybridized carbons (Fsp3) is 0.250. The molecule has 0 radical (unpaired) electrons. The molecule has 0 unspecified atom stereocenters. The number of hydrogen-bond acceptors (Lipinski definition) is 2. The van der Waals surface area contributed by atoms with E-state index in [4.69, 9.17) is 9.47 Å². The van der Waals surface area contributed by atoms with Crippen LogP contribution in [-0.2, 0) is 11.9 Å². The molecule has 2 aromatic carbocycles. The third-order valence-corrected chi connectivity index (χ3v) is 4.40. The van der Waals surface area contributed by atoms with E-state index in [-0.39, 0.29) is 12.4 Å². The molecule has 0 amide bonds. The first-order chi connectivity index (χ1) is 10.2. The molecule has 0 fully saturated rings. The normalized spacial score (nSPS) is 10.5. The molecule has 0 saturated heterocycles. The van der Waals surface area contributed by atoms with Crippen LogP contribution in [0.15, 0.2) is 40.9 Å². The van der Waals surface area contributed by atoms with Gasteiger partial charge in [-0.25, -0.2) is 4.39 Å². The van der Waals surface area contributed by atoms with Crippen molar-refractivity contribution in [3.8, 4) is 11.5 Å². The standard InChI is InChI=1S/C16H15Br2FO2/c1-2-20-14-8-4-5-11(9-17)16(14)21-10-12-6-3-7-13(19)15(12)18/h3-8H,2,9-10H2,1H3. The molecule has 21 heavy (non-hydrogen) atoms. The molecule has 0 aliphatic heterocycles. The fourth-order valence-corrected chi connectivity index (χ4v) is 2.73. The molecule has 0 aromatic heterocycles. The molecule has 0 N–H and O–H groups in total. The number of hydrogen-bond donors (Lipinski definition) is 0. The van der Waals surface area contributed by atoms with Crippen molar-refractivity contribution in [3.05, 3.63) is 57.8 Å². The quantitative estimate of drug-likeness (QED) is 0.581. The van der Waals surface area contributed by atoms with Gasteiger partial charge in [0.15, 0.2) is 11.5 Å². The summed E-state index contributed by atoms with van der Waals surface area (Å²) in [5.74, 6) is 1.09. The molecule has 2 nitrogen and oxygen atoms in total. The predicted octanol–water partition coefficient (Wildman–Crippen LogP) is 5.46. The van der Waals surface area contributed by atoms with Crippen LogP contribution in [0.3, 0.4) is 0 Å². The zero-order valence-electron chi connectivity index (χ0n) is 11.5. The van der Waals surface area contributed by atoms with Crippen LogP contribution in [0.25, 0.3) is 0 Å². The predicted molar refractivity (Wildman–Crippen MR) is 88.7 cm³/mol. The first-order valence-corrected chi connectivity index (χ1v) is 8.45. The second kappa shape index (κ2) is 7.80. The van der Waals surface area contributed by atoms with E-state index in [1.165, 1.54) is 6.07 Å². The monoisotopic (exact) mass is 416 g/mol. The van der Waals surface area contributed by atoms with Crippen molar-refractivity contribution in [2.24, 2.45) is 0 Å². The molecule has 0 aliphatic rings. The Balaban J connectivity index is 2.24. The van der Waals surface area contributed by atoms with Gasteiger partial charge in [0.2, 0.25) is 0 Å². The smallest absolute Gasteiger partial charge is 0.165 e. The van der Waals surface area contributed by atoms with Crippen molar-refractivity contribution in [2.45, 2.75) is 18.9 Å². The molecule has 112 valence electrons. The molecule has 5 heteroatoms. The van der Waals surface area contributed by atoms with E-state index in [0.29, 0.717) is 27.9 Å². The summed E-state index contributed by atoms with van der Waals surface area (Å²) in [7, 11) is 0. The van der Waals surface area contributed by atoms with Crippen LogP contribution in [0.4, 0.5) is 4.39 Å². The number of alkyl halides is 1. The Kier molecular flexibility index (Phi) is 6.06. The molecule has 0 saturated carbocycles. The van der Waals surface area contributed by atoms with Gasteiger partial charge >= 0.3 is 0 Å². The average Bonchev–Trinajstić information content (AvgIpc) is 2.49. The van der Waals surface area contributed by atoms with Gasteiger partial charge in [-0.1, -0.05) is 40.2 Å². The third-order valence-electron chi connectivity index (χ3n) is 2.91. The van der Waals surface area contributed by atoms with Gasteiger partial charge < -0.3 is 9.47 Å². The lowest BCUT2D eigenvalue weighted by Gasteiger charge is -2.15. The second-order valence-electron chi connectivity index (χ2n) is 4.31. The topological polar surface area (TPSA) is 18.5 Å². The minimum atomic E-state index is -0.296. The van der Waals surface area contributed by atoms with E-state index in [1.807, 2.05) is 31.2 Å². The largest absolute Gasteiger partial charge is 0.490 e. The zero-order valence-corrected chi connectivity index (χ0v) is 14.7. The highest BCUT2D eigenvalue weighted by Gasteiger charge is 2.12. The maximum atomic E-state index is 13.5. The Morgan fingerprint density at radius 3 is 2.48 bits per heavy atom. The van der Waals surface area contributed by atoms with Crippen molar-refractivity contribution in [3.63, 3.8) is 0 Å². The lowest BCUT2D eigenvalue weighted by atomic mass is 10.2. The van der Waals surface area contributed by atoms with E-state index in [2.05, 4.69) is 31.9 Å². The zero-order chi connectivity index (χ0) is 15.2. The molecular weight excluding hydrogens is 403 g/mol.